The van der Waals surface area contributed by atoms with Crippen LogP contribution in [0.15, 0.2) is 18.2 Å². The van der Waals surface area contributed by atoms with E-state index >= 15 is 0 Å². The number of hydrogen-bond acceptors (Lipinski definition) is 3. The van der Waals surface area contributed by atoms with Gasteiger partial charge in [-0.2, -0.15) is 0 Å². The highest BCUT2D eigenvalue weighted by Crippen LogP contribution is 2.32. The second-order valence-electron chi connectivity index (χ2n) is 4.11. The van der Waals surface area contributed by atoms with Gasteiger partial charge in [0.1, 0.15) is 5.78 Å². The Labute approximate surface area is 95.4 Å². The number of benzene rings is 1. The van der Waals surface area contributed by atoms with Crippen LogP contribution in [0.3, 0.4) is 0 Å². The van der Waals surface area contributed by atoms with E-state index in [1.54, 1.807) is 14.2 Å². The normalized spacial score (nSPS) is 14.6. The van der Waals surface area contributed by atoms with Crippen LogP contribution in [0.4, 0.5) is 0 Å². The molecule has 0 radical (unpaired) electrons. The first-order valence-electron chi connectivity index (χ1n) is 5.48. The van der Waals surface area contributed by atoms with E-state index in [0.717, 1.165) is 18.4 Å². The Morgan fingerprint density at radius 2 is 1.94 bits per heavy atom. The van der Waals surface area contributed by atoms with Gasteiger partial charge in [0.2, 0.25) is 0 Å². The van der Waals surface area contributed by atoms with Crippen LogP contribution in [0.5, 0.6) is 11.5 Å². The number of ether oxygens (including phenoxy) is 2. The molecule has 1 saturated carbocycles. The maximum absolute atomic E-state index is 11.7. The lowest BCUT2D eigenvalue weighted by molar-refractivity contribution is -0.119. The van der Waals surface area contributed by atoms with E-state index in [1.165, 1.54) is 0 Å². The van der Waals surface area contributed by atoms with E-state index in [4.69, 9.17) is 9.47 Å². The zero-order valence-corrected chi connectivity index (χ0v) is 9.66. The van der Waals surface area contributed by atoms with Gasteiger partial charge in [-0.1, -0.05) is 6.07 Å². The van der Waals surface area contributed by atoms with Gasteiger partial charge in [-0.25, -0.2) is 0 Å². The van der Waals surface area contributed by atoms with Crippen molar-refractivity contribution in [3.63, 3.8) is 0 Å². The summed E-state index contributed by atoms with van der Waals surface area (Å²) >= 11 is 0. The van der Waals surface area contributed by atoms with E-state index in [2.05, 4.69) is 0 Å². The zero-order valence-electron chi connectivity index (χ0n) is 9.66. The van der Waals surface area contributed by atoms with Crippen LogP contribution in [0.25, 0.3) is 0 Å². The third kappa shape index (κ3) is 2.35. The number of methoxy groups -OCH3 is 2. The van der Waals surface area contributed by atoms with Crippen molar-refractivity contribution in [2.45, 2.75) is 19.3 Å². The van der Waals surface area contributed by atoms with E-state index in [1.807, 2.05) is 18.2 Å². The Balaban J connectivity index is 2.12. The number of rotatable bonds is 5. The van der Waals surface area contributed by atoms with Gasteiger partial charge >= 0.3 is 0 Å². The fourth-order valence-corrected chi connectivity index (χ4v) is 1.74. The van der Waals surface area contributed by atoms with E-state index in [0.29, 0.717) is 29.6 Å². The van der Waals surface area contributed by atoms with E-state index in [-0.39, 0.29) is 0 Å². The maximum Gasteiger partial charge on any atom is 0.161 e. The molecular formula is C13H16O3. The summed E-state index contributed by atoms with van der Waals surface area (Å²) in [5, 5.41) is 0. The first-order valence-corrected chi connectivity index (χ1v) is 5.48. The number of Topliss-reactive ketones (excluding diaryl/α,β-unsaturated/α-hetero) is 1. The summed E-state index contributed by atoms with van der Waals surface area (Å²) in [5.74, 6) is 2.04. The van der Waals surface area contributed by atoms with Crippen molar-refractivity contribution >= 4 is 5.78 Å². The van der Waals surface area contributed by atoms with Gasteiger partial charge in [0.05, 0.1) is 14.2 Å². The molecule has 16 heavy (non-hydrogen) atoms. The molecule has 0 N–H and O–H groups in total. The van der Waals surface area contributed by atoms with Crippen LogP contribution in [0.2, 0.25) is 0 Å². The fourth-order valence-electron chi connectivity index (χ4n) is 1.74. The van der Waals surface area contributed by atoms with Crippen molar-refractivity contribution in [3.05, 3.63) is 23.8 Å². The van der Waals surface area contributed by atoms with Crippen LogP contribution in [-0.4, -0.2) is 20.0 Å². The molecule has 3 nitrogen and oxygen atoms in total. The Hall–Kier alpha value is -1.51. The molecule has 86 valence electrons. The number of hydrogen-bond donors (Lipinski definition) is 0. The van der Waals surface area contributed by atoms with Gasteiger partial charge in [-0.15, -0.1) is 0 Å². The summed E-state index contributed by atoms with van der Waals surface area (Å²) in [4.78, 5) is 11.7. The van der Waals surface area contributed by atoms with Gasteiger partial charge in [-0.05, 0) is 30.5 Å². The summed E-state index contributed by atoms with van der Waals surface area (Å²) in [5.41, 5.74) is 0.995. The lowest BCUT2D eigenvalue weighted by Gasteiger charge is -2.09. The van der Waals surface area contributed by atoms with Crippen LogP contribution in [0.1, 0.15) is 18.4 Å². The minimum Gasteiger partial charge on any atom is -0.493 e. The van der Waals surface area contributed by atoms with Crippen molar-refractivity contribution in [2.75, 3.05) is 14.2 Å². The van der Waals surface area contributed by atoms with Crippen molar-refractivity contribution < 1.29 is 14.3 Å². The fraction of sp³-hybridized carbons (Fsp3) is 0.462. The summed E-state index contributed by atoms with van der Waals surface area (Å²) in [6.45, 7) is 0. The third-order valence-corrected chi connectivity index (χ3v) is 2.86. The first-order chi connectivity index (χ1) is 7.74. The smallest absolute Gasteiger partial charge is 0.161 e. The molecule has 0 atom stereocenters. The molecule has 2 rings (SSSR count). The van der Waals surface area contributed by atoms with Gasteiger partial charge in [0.15, 0.2) is 11.5 Å². The highest BCUT2D eigenvalue weighted by Gasteiger charge is 2.29. The molecule has 0 saturated heterocycles. The van der Waals surface area contributed by atoms with Crippen molar-refractivity contribution in [3.8, 4) is 11.5 Å². The lowest BCUT2D eigenvalue weighted by atomic mass is 10.1. The summed E-state index contributed by atoms with van der Waals surface area (Å²) in [7, 11) is 3.21. The first kappa shape index (κ1) is 11.0. The van der Waals surface area contributed by atoms with Gasteiger partial charge in [0, 0.05) is 12.3 Å². The van der Waals surface area contributed by atoms with Gasteiger partial charge in [-0.3, -0.25) is 4.79 Å². The Kier molecular flexibility index (Phi) is 3.13. The van der Waals surface area contributed by atoms with Crippen LogP contribution in [-0.2, 0) is 11.2 Å². The number of carbonyl (C=O) groups is 1. The molecule has 1 aromatic carbocycles. The minimum absolute atomic E-state index is 0.313. The molecule has 0 amide bonds. The van der Waals surface area contributed by atoms with Gasteiger partial charge < -0.3 is 9.47 Å². The molecule has 3 heteroatoms. The van der Waals surface area contributed by atoms with Crippen LogP contribution in [0, 0.1) is 5.92 Å². The molecule has 0 unspecified atom stereocenters. The lowest BCUT2D eigenvalue weighted by Crippen LogP contribution is -2.05. The zero-order chi connectivity index (χ0) is 11.5. The topological polar surface area (TPSA) is 35.5 Å². The second kappa shape index (κ2) is 4.56. The van der Waals surface area contributed by atoms with E-state index < -0.39 is 0 Å². The summed E-state index contributed by atoms with van der Waals surface area (Å²) in [6, 6.07) is 5.63. The monoisotopic (exact) mass is 220 g/mol. The minimum atomic E-state index is 0.313. The predicted molar refractivity (Wildman–Crippen MR) is 61.0 cm³/mol. The second-order valence-corrected chi connectivity index (χ2v) is 4.11. The molecule has 0 bridgehead atoms. The summed E-state index contributed by atoms with van der Waals surface area (Å²) in [6.07, 6.45) is 2.63. The molecule has 0 spiro atoms. The molecule has 0 heterocycles. The molecule has 0 aliphatic heterocycles. The van der Waals surface area contributed by atoms with E-state index in [9.17, 15) is 4.79 Å². The average Bonchev–Trinajstić information content (AvgIpc) is 3.12. The highest BCUT2D eigenvalue weighted by atomic mass is 16.5. The average molecular weight is 220 g/mol. The van der Waals surface area contributed by atoms with Crippen molar-refractivity contribution in [2.24, 2.45) is 5.92 Å². The largest absolute Gasteiger partial charge is 0.493 e. The standard InChI is InChI=1S/C13H16O3/c1-15-12-6-3-9(8-13(12)16-2)7-11(14)10-4-5-10/h3,6,8,10H,4-5,7H2,1-2H3. The van der Waals surface area contributed by atoms with Crippen molar-refractivity contribution in [1.29, 1.82) is 0 Å². The molecular weight excluding hydrogens is 204 g/mol. The molecule has 1 fully saturated rings. The predicted octanol–water partition coefficient (Wildman–Crippen LogP) is 2.23. The Morgan fingerprint density at radius 1 is 1.25 bits per heavy atom. The highest BCUT2D eigenvalue weighted by molar-refractivity contribution is 5.85. The number of ketones is 1. The van der Waals surface area contributed by atoms with Gasteiger partial charge in [0.25, 0.3) is 0 Å². The van der Waals surface area contributed by atoms with Crippen molar-refractivity contribution in [1.82, 2.24) is 0 Å². The molecule has 1 aliphatic carbocycles. The SMILES string of the molecule is COc1ccc(CC(=O)C2CC2)cc1OC. The van der Waals surface area contributed by atoms with Crippen LogP contribution < -0.4 is 9.47 Å². The Morgan fingerprint density at radius 3 is 2.50 bits per heavy atom. The molecule has 0 aromatic heterocycles. The third-order valence-electron chi connectivity index (χ3n) is 2.86. The van der Waals surface area contributed by atoms with Crippen LogP contribution >= 0.6 is 0 Å². The Bertz CT molecular complexity index is 394. The number of carbonyl (C=O) groups excluding carboxylic acids is 1. The maximum atomic E-state index is 11.7. The summed E-state index contributed by atoms with van der Waals surface area (Å²) < 4.78 is 10.3. The molecule has 1 aliphatic rings. The molecule has 1 aromatic rings. The quantitative estimate of drug-likeness (QED) is 0.763.